The molecule has 0 atom stereocenters. The van der Waals surface area contributed by atoms with E-state index in [4.69, 9.17) is 14.6 Å². The van der Waals surface area contributed by atoms with Gasteiger partial charge >= 0.3 is 0 Å². The van der Waals surface area contributed by atoms with Crippen LogP contribution in [0.2, 0.25) is 0 Å². The third-order valence-electron chi connectivity index (χ3n) is 4.69. The molecule has 0 unspecified atom stereocenters. The van der Waals surface area contributed by atoms with Gasteiger partial charge in [0.15, 0.2) is 0 Å². The summed E-state index contributed by atoms with van der Waals surface area (Å²) >= 11 is 0. The Kier molecular flexibility index (Phi) is 5.33. The van der Waals surface area contributed by atoms with Gasteiger partial charge in [-0.05, 0) is 49.2 Å². The molecule has 2 aromatic heterocycles. The Balaban J connectivity index is 1.56. The standard InChI is InChI=1S/C21H22N4O4/c1-28-20-9-6-16(13-23-20)25-19(12-18(24-25)14-2-3-14)15-4-7-17(8-5-15)29-11-10-22-21(26)27/h4-9,12-14,22H,2-3,10-11H2,1H3,(H,26,27)/p-1. The smallest absolute Gasteiger partial charge is 0.213 e. The number of hydrogen-bond donors (Lipinski definition) is 1. The van der Waals surface area contributed by atoms with Crippen molar-refractivity contribution in [1.29, 1.82) is 0 Å². The zero-order valence-corrected chi connectivity index (χ0v) is 16.0. The largest absolute Gasteiger partial charge is 0.530 e. The highest BCUT2D eigenvalue weighted by molar-refractivity contribution is 5.64. The molecule has 2 heterocycles. The van der Waals surface area contributed by atoms with Gasteiger partial charge in [0.05, 0.1) is 36.9 Å². The van der Waals surface area contributed by atoms with Crippen LogP contribution >= 0.6 is 0 Å². The normalized spacial score (nSPS) is 13.1. The molecule has 0 aliphatic heterocycles. The average Bonchev–Trinajstić information content (AvgIpc) is 3.50. The van der Waals surface area contributed by atoms with E-state index in [1.54, 1.807) is 13.3 Å². The molecule has 150 valence electrons. The number of ether oxygens (including phenoxy) is 2. The Morgan fingerprint density at radius 3 is 2.66 bits per heavy atom. The fourth-order valence-electron chi connectivity index (χ4n) is 3.04. The van der Waals surface area contributed by atoms with Crippen LogP contribution in [0.15, 0.2) is 48.7 Å². The molecule has 1 fully saturated rings. The van der Waals surface area contributed by atoms with Crippen LogP contribution in [0.4, 0.5) is 4.79 Å². The van der Waals surface area contributed by atoms with E-state index in [1.165, 1.54) is 12.8 Å². The van der Waals surface area contributed by atoms with Gasteiger partial charge in [-0.1, -0.05) is 0 Å². The second-order valence-corrected chi connectivity index (χ2v) is 6.79. The van der Waals surface area contributed by atoms with Gasteiger partial charge in [-0.3, -0.25) is 0 Å². The maximum atomic E-state index is 10.4. The first kappa shape index (κ1) is 18.8. The van der Waals surface area contributed by atoms with Crippen molar-refractivity contribution in [3.8, 4) is 28.6 Å². The predicted molar refractivity (Wildman–Crippen MR) is 104 cm³/mol. The monoisotopic (exact) mass is 393 g/mol. The minimum Gasteiger partial charge on any atom is -0.530 e. The summed E-state index contributed by atoms with van der Waals surface area (Å²) in [5.41, 5.74) is 3.93. The molecule has 3 aromatic rings. The van der Waals surface area contributed by atoms with E-state index in [9.17, 15) is 9.90 Å². The quantitative estimate of drug-likeness (QED) is 0.589. The first-order chi connectivity index (χ1) is 14.1. The number of nitrogens with zero attached hydrogens (tertiary/aromatic N) is 3. The molecule has 1 saturated carbocycles. The topological polar surface area (TPSA) is 101 Å². The highest BCUT2D eigenvalue weighted by Crippen LogP contribution is 2.41. The van der Waals surface area contributed by atoms with Crippen molar-refractivity contribution in [2.75, 3.05) is 20.3 Å². The van der Waals surface area contributed by atoms with Crippen LogP contribution < -0.4 is 19.9 Å². The number of nitrogens with one attached hydrogen (secondary N) is 1. The van der Waals surface area contributed by atoms with Crippen molar-refractivity contribution < 1.29 is 19.4 Å². The van der Waals surface area contributed by atoms with Crippen LogP contribution in [-0.2, 0) is 0 Å². The summed E-state index contributed by atoms with van der Waals surface area (Å²) in [6.45, 7) is 0.403. The number of carboxylic acid groups (broad SMARTS) is 1. The minimum absolute atomic E-state index is 0.173. The van der Waals surface area contributed by atoms with E-state index in [-0.39, 0.29) is 13.2 Å². The van der Waals surface area contributed by atoms with Crippen LogP contribution in [0.3, 0.4) is 0 Å². The van der Waals surface area contributed by atoms with Gasteiger partial charge in [0.1, 0.15) is 18.4 Å². The fourth-order valence-corrected chi connectivity index (χ4v) is 3.04. The predicted octanol–water partition coefficient (Wildman–Crippen LogP) is 2.13. The number of pyridine rings is 1. The van der Waals surface area contributed by atoms with Crippen molar-refractivity contribution in [1.82, 2.24) is 20.1 Å². The van der Waals surface area contributed by atoms with Gasteiger partial charge in [0, 0.05) is 17.5 Å². The molecule has 1 aromatic carbocycles. The second kappa shape index (κ2) is 8.22. The minimum atomic E-state index is -1.31. The average molecular weight is 393 g/mol. The van der Waals surface area contributed by atoms with Crippen LogP contribution in [0.25, 0.3) is 16.9 Å². The summed E-state index contributed by atoms with van der Waals surface area (Å²) in [6.07, 6.45) is 2.78. The van der Waals surface area contributed by atoms with Crippen molar-refractivity contribution in [3.05, 3.63) is 54.4 Å². The second-order valence-electron chi connectivity index (χ2n) is 6.79. The van der Waals surface area contributed by atoms with Crippen LogP contribution in [0, 0.1) is 0 Å². The van der Waals surface area contributed by atoms with Crippen molar-refractivity contribution in [2.24, 2.45) is 0 Å². The molecule has 0 radical (unpaired) electrons. The van der Waals surface area contributed by atoms with E-state index in [1.807, 2.05) is 41.1 Å². The number of methoxy groups -OCH3 is 1. The summed E-state index contributed by atoms with van der Waals surface area (Å²) in [5.74, 6) is 1.74. The third-order valence-corrected chi connectivity index (χ3v) is 4.69. The first-order valence-corrected chi connectivity index (χ1v) is 9.42. The van der Waals surface area contributed by atoms with Crippen molar-refractivity contribution in [2.45, 2.75) is 18.8 Å². The maximum absolute atomic E-state index is 10.4. The summed E-state index contributed by atoms with van der Waals surface area (Å²) < 4.78 is 12.6. The van der Waals surface area contributed by atoms with E-state index >= 15 is 0 Å². The van der Waals surface area contributed by atoms with Crippen LogP contribution in [-0.4, -0.2) is 41.1 Å². The van der Waals surface area contributed by atoms with Gasteiger partial charge in [-0.15, -0.1) is 0 Å². The van der Waals surface area contributed by atoms with Crippen molar-refractivity contribution >= 4 is 6.09 Å². The molecule has 1 amide bonds. The van der Waals surface area contributed by atoms with Gasteiger partial charge in [0.2, 0.25) is 5.88 Å². The number of aromatic nitrogens is 3. The number of hydrogen-bond acceptors (Lipinski definition) is 6. The number of benzene rings is 1. The summed E-state index contributed by atoms with van der Waals surface area (Å²) in [7, 11) is 1.59. The summed E-state index contributed by atoms with van der Waals surface area (Å²) in [5, 5.41) is 17.3. The van der Waals surface area contributed by atoms with E-state index in [2.05, 4.69) is 16.4 Å². The SMILES string of the molecule is COc1ccc(-n2nc(C3CC3)cc2-c2ccc(OCCNC(=O)[O-])cc2)cn1. The molecule has 8 nitrogen and oxygen atoms in total. The lowest BCUT2D eigenvalue weighted by molar-refractivity contribution is -0.250. The Bertz CT molecular complexity index is 979. The Labute approximate surface area is 168 Å². The third kappa shape index (κ3) is 4.48. The zero-order valence-electron chi connectivity index (χ0n) is 16.0. The molecule has 1 aliphatic rings. The molecule has 0 bridgehead atoms. The van der Waals surface area contributed by atoms with Crippen molar-refractivity contribution in [3.63, 3.8) is 0 Å². The molecular weight excluding hydrogens is 372 g/mol. The van der Waals surface area contributed by atoms with E-state index in [0.29, 0.717) is 17.5 Å². The van der Waals surface area contributed by atoms with Gasteiger partial charge in [-0.25, -0.2) is 9.67 Å². The lowest BCUT2D eigenvalue weighted by Gasteiger charge is -2.10. The summed E-state index contributed by atoms with van der Waals surface area (Å²) in [6, 6.07) is 13.5. The van der Waals surface area contributed by atoms with Gasteiger partial charge in [0.25, 0.3) is 0 Å². The lowest BCUT2D eigenvalue weighted by atomic mass is 10.1. The van der Waals surface area contributed by atoms with Gasteiger partial charge in [-0.2, -0.15) is 5.10 Å². The highest BCUT2D eigenvalue weighted by atomic mass is 16.5. The Morgan fingerprint density at radius 2 is 2.03 bits per heavy atom. The lowest BCUT2D eigenvalue weighted by Crippen LogP contribution is -2.38. The van der Waals surface area contributed by atoms with Crippen LogP contribution in [0.5, 0.6) is 11.6 Å². The van der Waals surface area contributed by atoms with E-state index in [0.717, 1.165) is 22.6 Å². The molecule has 0 saturated heterocycles. The number of carbonyl (C=O) groups excluding carboxylic acids is 1. The Hall–Kier alpha value is -3.55. The van der Waals surface area contributed by atoms with E-state index < -0.39 is 6.09 Å². The summed E-state index contributed by atoms with van der Waals surface area (Å²) in [4.78, 5) is 14.6. The molecule has 1 N–H and O–H groups in total. The Morgan fingerprint density at radius 1 is 1.24 bits per heavy atom. The highest BCUT2D eigenvalue weighted by Gasteiger charge is 2.28. The number of amides is 1. The fraction of sp³-hybridized carbons (Fsp3) is 0.286. The molecule has 0 spiro atoms. The molecule has 8 heteroatoms. The molecular formula is C21H21N4O4-. The number of carbonyl (C=O) groups is 1. The molecule has 29 heavy (non-hydrogen) atoms. The number of rotatable bonds is 8. The zero-order chi connectivity index (χ0) is 20.2. The maximum Gasteiger partial charge on any atom is 0.213 e. The van der Waals surface area contributed by atoms with Gasteiger partial charge < -0.3 is 24.7 Å². The van der Waals surface area contributed by atoms with Crippen LogP contribution in [0.1, 0.15) is 24.5 Å². The first-order valence-electron chi connectivity index (χ1n) is 9.42. The molecule has 4 rings (SSSR count). The molecule has 1 aliphatic carbocycles.